The minimum absolute atomic E-state index is 0.150. The number of halogens is 1. The summed E-state index contributed by atoms with van der Waals surface area (Å²) in [5.74, 6) is -0.0146. The summed E-state index contributed by atoms with van der Waals surface area (Å²) in [6.45, 7) is 2.28. The quantitative estimate of drug-likeness (QED) is 0.675. The number of carbonyl (C=O) groups excluding carboxylic acids is 1. The van der Waals surface area contributed by atoms with Gasteiger partial charge in [0.25, 0.3) is 11.5 Å². The summed E-state index contributed by atoms with van der Waals surface area (Å²) in [7, 11) is 0. The Labute approximate surface area is 146 Å². The van der Waals surface area contributed by atoms with Crippen LogP contribution in [-0.2, 0) is 6.54 Å². The van der Waals surface area contributed by atoms with Crippen molar-refractivity contribution in [2.24, 2.45) is 0 Å². The highest BCUT2D eigenvalue weighted by molar-refractivity contribution is 9.10. The maximum atomic E-state index is 12.5. The molecule has 2 N–H and O–H groups in total. The molecule has 6 nitrogen and oxygen atoms in total. The molecule has 0 saturated heterocycles. The van der Waals surface area contributed by atoms with Gasteiger partial charge < -0.3 is 0 Å². The molecule has 0 aliphatic carbocycles. The summed E-state index contributed by atoms with van der Waals surface area (Å²) in [5.41, 5.74) is 6.25. The molecular formula is C17H15BrN4O2. The van der Waals surface area contributed by atoms with Crippen molar-refractivity contribution in [3.8, 4) is 0 Å². The van der Waals surface area contributed by atoms with Crippen molar-refractivity contribution in [1.82, 2.24) is 15.0 Å². The maximum absolute atomic E-state index is 12.5. The normalized spacial score (nSPS) is 10.6. The molecule has 0 bridgehead atoms. The number of anilines is 1. The lowest BCUT2D eigenvalue weighted by Gasteiger charge is -2.14. The molecule has 0 spiro atoms. The minimum atomic E-state index is -0.312. The summed E-state index contributed by atoms with van der Waals surface area (Å²) in [6, 6.07) is 14.1. The van der Waals surface area contributed by atoms with Crippen molar-refractivity contribution < 1.29 is 4.79 Å². The number of fused-ring (bicyclic) bond motifs is 1. The zero-order valence-electron chi connectivity index (χ0n) is 12.9. The molecule has 0 saturated carbocycles. The Balaban J connectivity index is 1.88. The van der Waals surface area contributed by atoms with E-state index in [0.717, 1.165) is 4.47 Å². The van der Waals surface area contributed by atoms with Crippen LogP contribution in [0.2, 0.25) is 0 Å². The monoisotopic (exact) mass is 386 g/mol. The highest BCUT2D eigenvalue weighted by Gasteiger charge is 2.11. The highest BCUT2D eigenvalue weighted by atomic mass is 79.9. The van der Waals surface area contributed by atoms with Crippen LogP contribution in [0.4, 0.5) is 5.95 Å². The van der Waals surface area contributed by atoms with Crippen LogP contribution in [0.5, 0.6) is 0 Å². The number of hydrazine groups is 1. The smallest absolute Gasteiger partial charge is 0.269 e. The van der Waals surface area contributed by atoms with E-state index in [9.17, 15) is 9.59 Å². The number of nitrogens with zero attached hydrogens (tertiary/aromatic N) is 2. The third-order valence-electron chi connectivity index (χ3n) is 3.57. The molecule has 0 atom stereocenters. The topological polar surface area (TPSA) is 76.0 Å². The third kappa shape index (κ3) is 3.16. The first kappa shape index (κ1) is 16.2. The Morgan fingerprint density at radius 2 is 1.88 bits per heavy atom. The van der Waals surface area contributed by atoms with Gasteiger partial charge in [-0.1, -0.05) is 28.1 Å². The highest BCUT2D eigenvalue weighted by Crippen LogP contribution is 2.12. The molecule has 2 aromatic carbocycles. The van der Waals surface area contributed by atoms with Gasteiger partial charge in [0.2, 0.25) is 5.95 Å². The van der Waals surface area contributed by atoms with Gasteiger partial charge in [-0.15, -0.1) is 0 Å². The van der Waals surface area contributed by atoms with Crippen molar-refractivity contribution in [2.45, 2.75) is 13.5 Å². The number of aromatic nitrogens is 2. The second kappa shape index (κ2) is 6.84. The first-order valence-corrected chi connectivity index (χ1v) is 8.21. The second-order valence-corrected chi connectivity index (χ2v) is 6.00. The standard InChI is InChI=1S/C17H15BrN4O2/c1-2-22-16(24)13-5-3-4-6-14(13)19-17(22)21-20-15(23)11-7-9-12(18)10-8-11/h3-10H,2H2,1H3,(H,19,21)(H,20,23). The van der Waals surface area contributed by atoms with E-state index in [1.165, 1.54) is 4.57 Å². The number of carbonyl (C=O) groups is 1. The van der Waals surface area contributed by atoms with Crippen LogP contribution in [0, 0.1) is 0 Å². The number of hydrogen-bond donors (Lipinski definition) is 2. The average Bonchev–Trinajstić information content (AvgIpc) is 2.60. The molecule has 7 heteroatoms. The molecular weight excluding hydrogens is 372 g/mol. The Kier molecular flexibility index (Phi) is 4.61. The fourth-order valence-electron chi connectivity index (χ4n) is 2.34. The first-order chi connectivity index (χ1) is 11.6. The molecule has 1 amide bonds. The molecule has 0 unspecified atom stereocenters. The summed E-state index contributed by atoms with van der Waals surface area (Å²) >= 11 is 3.32. The zero-order valence-corrected chi connectivity index (χ0v) is 14.5. The molecule has 1 heterocycles. The summed E-state index contributed by atoms with van der Waals surface area (Å²) in [5, 5.41) is 0.545. The molecule has 122 valence electrons. The predicted octanol–water partition coefficient (Wildman–Crippen LogP) is 2.94. The van der Waals surface area contributed by atoms with Gasteiger partial charge in [0, 0.05) is 16.6 Å². The van der Waals surface area contributed by atoms with E-state index in [0.29, 0.717) is 29.0 Å². The van der Waals surface area contributed by atoms with Gasteiger partial charge in [-0.2, -0.15) is 0 Å². The van der Waals surface area contributed by atoms with Gasteiger partial charge in [-0.25, -0.2) is 4.98 Å². The van der Waals surface area contributed by atoms with E-state index in [4.69, 9.17) is 0 Å². The Morgan fingerprint density at radius 3 is 2.58 bits per heavy atom. The lowest BCUT2D eigenvalue weighted by Crippen LogP contribution is -2.34. The Hall–Kier alpha value is -2.67. The molecule has 0 fully saturated rings. The Bertz CT molecular complexity index is 951. The van der Waals surface area contributed by atoms with Gasteiger partial charge in [-0.3, -0.25) is 25.0 Å². The van der Waals surface area contributed by atoms with Gasteiger partial charge in [0.1, 0.15) is 0 Å². The number of para-hydroxylation sites is 1. The first-order valence-electron chi connectivity index (χ1n) is 7.41. The SMILES string of the molecule is CCn1c(NNC(=O)c2ccc(Br)cc2)nc2ccccc2c1=O. The molecule has 0 radical (unpaired) electrons. The zero-order chi connectivity index (χ0) is 17.1. The lowest BCUT2D eigenvalue weighted by molar-refractivity contribution is 0.0962. The van der Waals surface area contributed by atoms with Gasteiger partial charge in [0.15, 0.2) is 0 Å². The van der Waals surface area contributed by atoms with E-state index in [1.54, 1.807) is 42.5 Å². The van der Waals surface area contributed by atoms with Crippen LogP contribution in [0.25, 0.3) is 10.9 Å². The van der Waals surface area contributed by atoms with E-state index < -0.39 is 0 Å². The van der Waals surface area contributed by atoms with E-state index >= 15 is 0 Å². The number of benzene rings is 2. The maximum Gasteiger partial charge on any atom is 0.269 e. The number of hydrogen-bond acceptors (Lipinski definition) is 4. The van der Waals surface area contributed by atoms with Crippen molar-refractivity contribution in [3.05, 3.63) is 68.9 Å². The number of rotatable bonds is 4. The summed E-state index contributed by atoms with van der Waals surface area (Å²) in [4.78, 5) is 29.1. The van der Waals surface area contributed by atoms with Gasteiger partial charge in [-0.05, 0) is 43.3 Å². The van der Waals surface area contributed by atoms with E-state index in [1.807, 2.05) is 13.0 Å². The third-order valence-corrected chi connectivity index (χ3v) is 4.10. The van der Waals surface area contributed by atoms with E-state index in [2.05, 4.69) is 31.8 Å². The van der Waals surface area contributed by atoms with Crippen molar-refractivity contribution in [1.29, 1.82) is 0 Å². The minimum Gasteiger partial charge on any atom is -0.277 e. The van der Waals surface area contributed by atoms with Crippen molar-refractivity contribution in [3.63, 3.8) is 0 Å². The van der Waals surface area contributed by atoms with Gasteiger partial charge >= 0.3 is 0 Å². The summed E-state index contributed by atoms with van der Waals surface area (Å²) in [6.07, 6.45) is 0. The van der Waals surface area contributed by atoms with E-state index in [-0.39, 0.29) is 11.5 Å². The van der Waals surface area contributed by atoms with Crippen molar-refractivity contribution in [2.75, 3.05) is 5.43 Å². The molecule has 3 rings (SSSR count). The van der Waals surface area contributed by atoms with Crippen molar-refractivity contribution >= 4 is 38.7 Å². The van der Waals surface area contributed by atoms with Gasteiger partial charge in [0.05, 0.1) is 10.9 Å². The fourth-order valence-corrected chi connectivity index (χ4v) is 2.61. The number of amides is 1. The molecule has 0 aliphatic rings. The average molecular weight is 387 g/mol. The van der Waals surface area contributed by atoms with Crippen LogP contribution in [0.15, 0.2) is 57.8 Å². The molecule has 24 heavy (non-hydrogen) atoms. The largest absolute Gasteiger partial charge is 0.277 e. The number of nitrogens with one attached hydrogen (secondary N) is 2. The van der Waals surface area contributed by atoms with Crippen LogP contribution in [-0.4, -0.2) is 15.5 Å². The molecule has 3 aromatic rings. The lowest BCUT2D eigenvalue weighted by atomic mass is 10.2. The van der Waals surface area contributed by atoms with Crippen LogP contribution >= 0.6 is 15.9 Å². The van der Waals surface area contributed by atoms with Crippen LogP contribution in [0.3, 0.4) is 0 Å². The van der Waals surface area contributed by atoms with Crippen LogP contribution in [0.1, 0.15) is 17.3 Å². The van der Waals surface area contributed by atoms with Crippen LogP contribution < -0.4 is 16.4 Å². The molecule has 0 aliphatic heterocycles. The predicted molar refractivity (Wildman–Crippen MR) is 96.9 cm³/mol. The fraction of sp³-hybridized carbons (Fsp3) is 0.118. The molecule has 1 aromatic heterocycles. The Morgan fingerprint density at radius 1 is 1.17 bits per heavy atom. The second-order valence-electron chi connectivity index (χ2n) is 5.09. The summed E-state index contributed by atoms with van der Waals surface area (Å²) < 4.78 is 2.37.